The van der Waals surface area contributed by atoms with Crippen LogP contribution in [0.2, 0.25) is 0 Å². The molecule has 0 heterocycles. The molecule has 0 spiro atoms. The summed E-state index contributed by atoms with van der Waals surface area (Å²) in [6.07, 6.45) is 0. The first kappa shape index (κ1) is 15.5. The van der Waals surface area contributed by atoms with Crippen molar-refractivity contribution < 1.29 is 28.6 Å². The first-order valence-corrected chi connectivity index (χ1v) is 6.49. The number of ether oxygens (including phenoxy) is 3. The van der Waals surface area contributed by atoms with Gasteiger partial charge in [-0.3, -0.25) is 14.4 Å². The molecule has 0 N–H and O–H groups in total. The maximum Gasteiger partial charge on any atom is 0.308 e. The Hall–Kier alpha value is -2.89. The molecule has 0 aliphatic heterocycles. The van der Waals surface area contributed by atoms with Gasteiger partial charge in [-0.15, -0.1) is 0 Å². The molecule has 0 saturated heterocycles. The quantitative estimate of drug-likeness (QED) is 0.640. The Balaban J connectivity index is 2.71. The molecular weight excluding hydrogens is 288 g/mol. The molecule has 2 aromatic rings. The van der Waals surface area contributed by atoms with Crippen LogP contribution in [-0.2, 0) is 14.4 Å². The Kier molecular flexibility index (Phi) is 4.41. The van der Waals surface area contributed by atoms with Crippen LogP contribution in [0.3, 0.4) is 0 Å². The number of esters is 3. The van der Waals surface area contributed by atoms with Gasteiger partial charge in [0.1, 0.15) is 17.2 Å². The molecule has 6 heteroatoms. The minimum Gasteiger partial charge on any atom is -0.426 e. The molecule has 0 atom stereocenters. The highest BCUT2D eigenvalue weighted by Crippen LogP contribution is 2.39. The van der Waals surface area contributed by atoms with Crippen molar-refractivity contribution in [3.05, 3.63) is 30.3 Å². The van der Waals surface area contributed by atoms with E-state index in [4.69, 9.17) is 14.2 Å². The van der Waals surface area contributed by atoms with Gasteiger partial charge in [0.05, 0.1) is 5.39 Å². The number of fused-ring (bicyclic) bond motifs is 1. The molecule has 0 aliphatic carbocycles. The molecule has 0 saturated carbocycles. The van der Waals surface area contributed by atoms with Gasteiger partial charge in [0.25, 0.3) is 0 Å². The number of carbonyl (C=O) groups excluding carboxylic acids is 3. The Bertz CT molecular complexity index is 740. The van der Waals surface area contributed by atoms with Crippen LogP contribution in [0.4, 0.5) is 0 Å². The first-order chi connectivity index (χ1) is 10.4. The zero-order valence-electron chi connectivity index (χ0n) is 12.3. The second-order valence-electron chi connectivity index (χ2n) is 4.52. The van der Waals surface area contributed by atoms with Gasteiger partial charge < -0.3 is 14.2 Å². The minimum atomic E-state index is -0.515. The van der Waals surface area contributed by atoms with Crippen LogP contribution in [0.25, 0.3) is 10.8 Å². The molecule has 0 fully saturated rings. The minimum absolute atomic E-state index is 0.218. The van der Waals surface area contributed by atoms with Crippen LogP contribution >= 0.6 is 0 Å². The predicted octanol–water partition coefficient (Wildman–Crippen LogP) is 2.62. The van der Waals surface area contributed by atoms with Crippen molar-refractivity contribution in [1.29, 1.82) is 0 Å². The number of hydrogen-bond acceptors (Lipinski definition) is 6. The molecule has 0 bridgehead atoms. The molecule has 0 aromatic heterocycles. The van der Waals surface area contributed by atoms with E-state index in [2.05, 4.69) is 0 Å². The molecule has 0 unspecified atom stereocenters. The van der Waals surface area contributed by atoms with Gasteiger partial charge in [-0.1, -0.05) is 12.1 Å². The smallest absolute Gasteiger partial charge is 0.308 e. The fourth-order valence-electron chi connectivity index (χ4n) is 2.04. The second-order valence-corrected chi connectivity index (χ2v) is 4.52. The van der Waals surface area contributed by atoms with Crippen molar-refractivity contribution >= 4 is 28.7 Å². The summed E-state index contributed by atoms with van der Waals surface area (Å²) in [4.78, 5) is 33.7. The van der Waals surface area contributed by atoms with E-state index in [-0.39, 0.29) is 17.2 Å². The van der Waals surface area contributed by atoms with E-state index in [1.165, 1.54) is 32.9 Å². The van der Waals surface area contributed by atoms with Crippen molar-refractivity contribution in [1.82, 2.24) is 0 Å². The Morgan fingerprint density at radius 2 is 1.14 bits per heavy atom. The van der Waals surface area contributed by atoms with Crippen LogP contribution in [0.1, 0.15) is 20.8 Å². The normalized spacial score (nSPS) is 10.1. The highest BCUT2D eigenvalue weighted by molar-refractivity contribution is 6.00. The molecule has 2 rings (SSSR count). The van der Waals surface area contributed by atoms with Gasteiger partial charge in [-0.2, -0.15) is 0 Å². The second kappa shape index (κ2) is 6.26. The van der Waals surface area contributed by atoms with E-state index in [0.29, 0.717) is 10.8 Å². The molecule has 22 heavy (non-hydrogen) atoms. The molecule has 114 valence electrons. The summed E-state index contributed by atoms with van der Waals surface area (Å²) in [5, 5.41) is 0.874. The molecule has 0 radical (unpaired) electrons. The van der Waals surface area contributed by atoms with Gasteiger partial charge in [0, 0.05) is 26.2 Å². The average molecular weight is 302 g/mol. The Labute approximate surface area is 126 Å². The van der Waals surface area contributed by atoms with E-state index in [1.54, 1.807) is 18.2 Å². The lowest BCUT2D eigenvalue weighted by Gasteiger charge is -2.13. The molecule has 0 amide bonds. The summed E-state index contributed by atoms with van der Waals surface area (Å²) in [6.45, 7) is 3.81. The molecular formula is C16H14O6. The molecule has 2 aromatic carbocycles. The van der Waals surface area contributed by atoms with Crippen molar-refractivity contribution in [2.45, 2.75) is 20.8 Å². The number of carbonyl (C=O) groups is 3. The van der Waals surface area contributed by atoms with Crippen molar-refractivity contribution in [3.63, 3.8) is 0 Å². The molecule has 6 nitrogen and oxygen atoms in total. The Morgan fingerprint density at radius 1 is 0.682 bits per heavy atom. The third kappa shape index (κ3) is 3.41. The fourth-order valence-corrected chi connectivity index (χ4v) is 2.04. The van der Waals surface area contributed by atoms with Gasteiger partial charge in [0.15, 0.2) is 0 Å². The lowest BCUT2D eigenvalue weighted by atomic mass is 10.1. The lowest BCUT2D eigenvalue weighted by molar-refractivity contribution is -0.133. The number of hydrogen-bond donors (Lipinski definition) is 0. The largest absolute Gasteiger partial charge is 0.426 e. The first-order valence-electron chi connectivity index (χ1n) is 6.49. The average Bonchev–Trinajstić information content (AvgIpc) is 2.40. The van der Waals surface area contributed by atoms with E-state index in [1.807, 2.05) is 0 Å². The third-order valence-corrected chi connectivity index (χ3v) is 2.69. The highest BCUT2D eigenvalue weighted by atomic mass is 16.5. The monoisotopic (exact) mass is 302 g/mol. The van der Waals surface area contributed by atoms with E-state index in [9.17, 15) is 14.4 Å². The van der Waals surface area contributed by atoms with Gasteiger partial charge in [0.2, 0.25) is 0 Å². The van der Waals surface area contributed by atoms with E-state index >= 15 is 0 Å². The van der Waals surface area contributed by atoms with E-state index < -0.39 is 17.9 Å². The lowest BCUT2D eigenvalue weighted by Crippen LogP contribution is -2.06. The topological polar surface area (TPSA) is 78.9 Å². The van der Waals surface area contributed by atoms with Crippen LogP contribution in [0.5, 0.6) is 17.2 Å². The van der Waals surface area contributed by atoms with Crippen molar-refractivity contribution in [2.75, 3.05) is 0 Å². The summed E-state index contributed by atoms with van der Waals surface area (Å²) in [5.41, 5.74) is 0. The van der Waals surface area contributed by atoms with Gasteiger partial charge in [-0.05, 0) is 18.2 Å². The Morgan fingerprint density at radius 3 is 1.68 bits per heavy atom. The van der Waals surface area contributed by atoms with E-state index in [0.717, 1.165) is 0 Å². The van der Waals surface area contributed by atoms with Crippen LogP contribution in [0.15, 0.2) is 30.3 Å². The van der Waals surface area contributed by atoms with Gasteiger partial charge in [-0.25, -0.2) is 0 Å². The zero-order chi connectivity index (χ0) is 16.3. The van der Waals surface area contributed by atoms with Crippen LogP contribution < -0.4 is 14.2 Å². The maximum atomic E-state index is 11.2. The fraction of sp³-hybridized carbons (Fsp3) is 0.188. The third-order valence-electron chi connectivity index (χ3n) is 2.69. The highest BCUT2D eigenvalue weighted by Gasteiger charge is 2.16. The van der Waals surface area contributed by atoms with Crippen molar-refractivity contribution in [2.24, 2.45) is 0 Å². The summed E-state index contributed by atoms with van der Waals surface area (Å²) in [6, 6.07) is 7.88. The SMILES string of the molecule is CC(=O)Oc1ccc(OC(C)=O)c2c(OC(C)=O)cccc12. The predicted molar refractivity (Wildman–Crippen MR) is 77.9 cm³/mol. The summed E-state index contributed by atoms with van der Waals surface area (Å²) in [7, 11) is 0. The van der Waals surface area contributed by atoms with Crippen LogP contribution in [0, 0.1) is 0 Å². The zero-order valence-corrected chi connectivity index (χ0v) is 12.3. The maximum absolute atomic E-state index is 11.2. The standard InChI is InChI=1S/C16H14O6/c1-9(17)20-13-7-8-15(22-11(3)19)16-12(13)5-4-6-14(16)21-10(2)18/h4-8H,1-3H3. The van der Waals surface area contributed by atoms with Crippen molar-refractivity contribution in [3.8, 4) is 17.2 Å². The number of rotatable bonds is 3. The summed E-state index contributed by atoms with van der Waals surface area (Å²) >= 11 is 0. The summed E-state index contributed by atoms with van der Waals surface area (Å²) < 4.78 is 15.4. The summed E-state index contributed by atoms with van der Waals surface area (Å²) in [5.74, 6) is -0.796. The van der Waals surface area contributed by atoms with Gasteiger partial charge >= 0.3 is 17.9 Å². The van der Waals surface area contributed by atoms with Crippen LogP contribution in [-0.4, -0.2) is 17.9 Å². The number of benzene rings is 2. The molecule has 0 aliphatic rings.